The highest BCUT2D eigenvalue weighted by molar-refractivity contribution is 5.34. The molecule has 0 aromatic heterocycles. The molecule has 0 aliphatic heterocycles. The zero-order chi connectivity index (χ0) is 20.8. The zero-order valence-corrected chi connectivity index (χ0v) is 20.7. The van der Waals surface area contributed by atoms with Crippen LogP contribution in [0.5, 0.6) is 0 Å². The van der Waals surface area contributed by atoms with Crippen LogP contribution in [-0.2, 0) is 0 Å². The first-order valence-corrected chi connectivity index (χ1v) is 13.5. The van der Waals surface area contributed by atoms with Crippen molar-refractivity contribution in [1.29, 1.82) is 0 Å². The van der Waals surface area contributed by atoms with Crippen molar-refractivity contribution in [2.24, 2.45) is 46.3 Å². The van der Waals surface area contributed by atoms with E-state index in [0.717, 1.165) is 35.5 Å². The molecule has 1 unspecified atom stereocenters. The molecule has 0 N–H and O–H groups in total. The van der Waals surface area contributed by atoms with Crippen LogP contribution in [0.15, 0.2) is 11.1 Å². The molecule has 7 atom stereocenters. The first-order chi connectivity index (χ1) is 13.8. The first kappa shape index (κ1) is 22.0. The highest BCUT2D eigenvalue weighted by Gasteiger charge is 2.54. The molecular weight excluding hydrogens is 348 g/mol. The van der Waals surface area contributed by atoms with E-state index in [0.29, 0.717) is 10.8 Å². The van der Waals surface area contributed by atoms with Crippen LogP contribution >= 0.6 is 0 Å². The predicted molar refractivity (Wildman–Crippen MR) is 127 cm³/mol. The Bertz CT molecular complexity index is 612. The van der Waals surface area contributed by atoms with Gasteiger partial charge in [-0.2, -0.15) is 0 Å². The van der Waals surface area contributed by atoms with Crippen LogP contribution in [-0.4, -0.2) is 0 Å². The van der Waals surface area contributed by atoms with Crippen molar-refractivity contribution in [3.8, 4) is 0 Å². The summed E-state index contributed by atoms with van der Waals surface area (Å²) in [5.41, 5.74) is 5.19. The van der Waals surface area contributed by atoms with E-state index in [2.05, 4.69) is 41.5 Å². The molecule has 4 aliphatic rings. The Morgan fingerprint density at radius 2 is 1.69 bits per heavy atom. The maximum atomic E-state index is 2.70. The number of hydrogen-bond acceptors (Lipinski definition) is 0. The van der Waals surface area contributed by atoms with Crippen LogP contribution < -0.4 is 0 Å². The molecule has 0 heterocycles. The van der Waals surface area contributed by atoms with Crippen molar-refractivity contribution < 1.29 is 0 Å². The molecule has 29 heavy (non-hydrogen) atoms. The topological polar surface area (TPSA) is 0 Å². The third-order valence-electron chi connectivity index (χ3n) is 11.1. The highest BCUT2D eigenvalue weighted by Crippen LogP contribution is 2.65. The van der Waals surface area contributed by atoms with E-state index in [1.165, 1.54) is 83.5 Å². The Morgan fingerprint density at radius 1 is 0.897 bits per heavy atom. The fourth-order valence-corrected chi connectivity index (χ4v) is 9.17. The second-order valence-electron chi connectivity index (χ2n) is 12.6. The monoisotopic (exact) mass is 398 g/mol. The van der Waals surface area contributed by atoms with Gasteiger partial charge in [-0.05, 0) is 104 Å². The molecule has 166 valence electrons. The Labute approximate surface area is 182 Å². The summed E-state index contributed by atoms with van der Waals surface area (Å²) >= 11 is 0. The van der Waals surface area contributed by atoms with Gasteiger partial charge in [0.05, 0.1) is 0 Å². The molecule has 0 amide bonds. The van der Waals surface area contributed by atoms with Crippen molar-refractivity contribution in [3.05, 3.63) is 11.1 Å². The van der Waals surface area contributed by atoms with Crippen molar-refractivity contribution >= 4 is 0 Å². The zero-order valence-electron chi connectivity index (χ0n) is 20.7. The molecule has 0 bridgehead atoms. The van der Waals surface area contributed by atoms with E-state index in [1.54, 1.807) is 0 Å². The van der Waals surface area contributed by atoms with Crippen molar-refractivity contribution in [2.75, 3.05) is 0 Å². The van der Waals surface area contributed by atoms with E-state index >= 15 is 0 Å². The van der Waals surface area contributed by atoms with Gasteiger partial charge in [-0.1, -0.05) is 78.4 Å². The Kier molecular flexibility index (Phi) is 6.32. The van der Waals surface area contributed by atoms with Crippen molar-refractivity contribution in [1.82, 2.24) is 0 Å². The number of allylic oxidation sites excluding steroid dienone is 2. The van der Waals surface area contributed by atoms with Crippen molar-refractivity contribution in [2.45, 2.75) is 125 Å². The average Bonchev–Trinajstić information content (AvgIpc) is 3.05. The Hall–Kier alpha value is -0.260. The van der Waals surface area contributed by atoms with Gasteiger partial charge in [-0.15, -0.1) is 0 Å². The summed E-state index contributed by atoms with van der Waals surface area (Å²) in [6.07, 6.45) is 19.2. The van der Waals surface area contributed by atoms with Crippen LogP contribution in [0, 0.1) is 46.3 Å². The second kappa shape index (κ2) is 8.35. The van der Waals surface area contributed by atoms with Gasteiger partial charge in [0.1, 0.15) is 0 Å². The summed E-state index contributed by atoms with van der Waals surface area (Å²) in [5.74, 6) is 5.63. The van der Waals surface area contributed by atoms with Gasteiger partial charge in [0.15, 0.2) is 0 Å². The molecule has 4 rings (SSSR count). The molecule has 0 saturated heterocycles. The molecule has 3 saturated carbocycles. The minimum Gasteiger partial charge on any atom is -0.0668 e. The fraction of sp³-hybridized carbons (Fsp3) is 0.931. The lowest BCUT2D eigenvalue weighted by Crippen LogP contribution is -2.46. The smallest absolute Gasteiger partial charge is 0.00825 e. The lowest BCUT2D eigenvalue weighted by atomic mass is 9.49. The molecule has 0 nitrogen and oxygen atoms in total. The van der Waals surface area contributed by atoms with Gasteiger partial charge in [0.2, 0.25) is 0 Å². The van der Waals surface area contributed by atoms with Crippen molar-refractivity contribution in [3.63, 3.8) is 0 Å². The van der Waals surface area contributed by atoms with E-state index < -0.39 is 0 Å². The molecule has 0 radical (unpaired) electrons. The number of fused-ring (bicyclic) bond motifs is 4. The van der Waals surface area contributed by atoms with Crippen LogP contribution in [0.4, 0.5) is 0 Å². The summed E-state index contributed by atoms with van der Waals surface area (Å²) in [7, 11) is 0. The van der Waals surface area contributed by atoms with Gasteiger partial charge < -0.3 is 0 Å². The van der Waals surface area contributed by atoms with Gasteiger partial charge in [-0.3, -0.25) is 0 Å². The third kappa shape index (κ3) is 3.67. The SMILES string of the molecule is CC[C@H](CC[C@@H](C)[C@H]1CCC2=C3CCC4CCCC[C@]4(C)[C@H]3CC[C@@]21C)C(C)C. The molecular formula is C29H50. The fourth-order valence-electron chi connectivity index (χ4n) is 9.17. The van der Waals surface area contributed by atoms with E-state index in [9.17, 15) is 0 Å². The van der Waals surface area contributed by atoms with E-state index in [4.69, 9.17) is 0 Å². The van der Waals surface area contributed by atoms with Crippen LogP contribution in [0.25, 0.3) is 0 Å². The molecule has 0 heteroatoms. The summed E-state index contributed by atoms with van der Waals surface area (Å²) in [5, 5.41) is 0. The molecule has 4 aliphatic carbocycles. The number of rotatable bonds is 6. The van der Waals surface area contributed by atoms with Gasteiger partial charge >= 0.3 is 0 Å². The Balaban J connectivity index is 1.52. The second-order valence-corrected chi connectivity index (χ2v) is 12.6. The largest absolute Gasteiger partial charge is 0.0668 e. The highest BCUT2D eigenvalue weighted by atomic mass is 14.6. The van der Waals surface area contributed by atoms with E-state index in [-0.39, 0.29) is 0 Å². The normalized spacial score (nSPS) is 41.7. The first-order valence-electron chi connectivity index (χ1n) is 13.5. The maximum absolute atomic E-state index is 2.70. The summed E-state index contributed by atoms with van der Waals surface area (Å²) in [6.45, 7) is 15.3. The molecule has 0 aromatic carbocycles. The lowest BCUT2D eigenvalue weighted by Gasteiger charge is -2.56. The quantitative estimate of drug-likeness (QED) is 0.391. The summed E-state index contributed by atoms with van der Waals surface area (Å²) in [6, 6.07) is 0. The van der Waals surface area contributed by atoms with Crippen LogP contribution in [0.3, 0.4) is 0 Å². The minimum absolute atomic E-state index is 0.544. The summed E-state index contributed by atoms with van der Waals surface area (Å²) in [4.78, 5) is 0. The third-order valence-corrected chi connectivity index (χ3v) is 11.1. The van der Waals surface area contributed by atoms with Gasteiger partial charge in [0, 0.05) is 0 Å². The van der Waals surface area contributed by atoms with Crippen LogP contribution in [0.2, 0.25) is 0 Å². The lowest BCUT2D eigenvalue weighted by molar-refractivity contribution is 0.00919. The minimum atomic E-state index is 0.544. The average molecular weight is 399 g/mol. The van der Waals surface area contributed by atoms with Gasteiger partial charge in [0.25, 0.3) is 0 Å². The maximum Gasteiger partial charge on any atom is -0.00825 e. The molecule has 3 fully saturated rings. The predicted octanol–water partition coefficient (Wildman–Crippen LogP) is 9.20. The Morgan fingerprint density at radius 3 is 2.41 bits per heavy atom. The van der Waals surface area contributed by atoms with E-state index in [1.807, 2.05) is 11.1 Å². The summed E-state index contributed by atoms with van der Waals surface area (Å²) < 4.78 is 0. The van der Waals surface area contributed by atoms with Crippen LogP contribution in [0.1, 0.15) is 125 Å². The van der Waals surface area contributed by atoms with Gasteiger partial charge in [-0.25, -0.2) is 0 Å². The molecule has 0 aromatic rings. The molecule has 0 spiro atoms. The number of hydrogen-bond donors (Lipinski definition) is 0. The standard InChI is InChI=1S/C29H50/c1-7-22(20(2)3)12-11-21(4)25-15-16-26-24-14-13-23-10-8-9-18-28(23,5)27(24)17-19-29(25,26)6/h20-23,25,27H,7-19H2,1-6H3/t21-,22-,23?,25-,27+,28+,29-/m1/s1.